The number of amides is 4. The summed E-state index contributed by atoms with van der Waals surface area (Å²) >= 11 is 0. The van der Waals surface area contributed by atoms with Crippen molar-refractivity contribution >= 4 is 29.8 Å². The van der Waals surface area contributed by atoms with Crippen LogP contribution >= 0.6 is 0 Å². The number of piperidine rings is 2. The zero-order valence-electron chi connectivity index (χ0n) is 21.3. The van der Waals surface area contributed by atoms with Gasteiger partial charge in [0.2, 0.25) is 17.7 Å². The molecule has 2 atom stereocenters. The Hall–Kier alpha value is -2.89. The third-order valence-corrected chi connectivity index (χ3v) is 6.42. The van der Waals surface area contributed by atoms with Gasteiger partial charge in [-0.05, 0) is 57.0 Å². The van der Waals surface area contributed by atoms with Crippen molar-refractivity contribution < 1.29 is 33.8 Å². The van der Waals surface area contributed by atoms with E-state index >= 15 is 0 Å². The van der Waals surface area contributed by atoms with Gasteiger partial charge in [-0.2, -0.15) is 0 Å². The van der Waals surface area contributed by atoms with E-state index in [1.54, 1.807) is 4.90 Å². The first kappa shape index (κ1) is 29.3. The summed E-state index contributed by atoms with van der Waals surface area (Å²) in [6.45, 7) is 6.07. The van der Waals surface area contributed by atoms with E-state index in [0.29, 0.717) is 38.3 Å². The van der Waals surface area contributed by atoms with Crippen LogP contribution in [0.5, 0.6) is 0 Å². The minimum atomic E-state index is -1.36. The average molecular weight is 512 g/mol. The summed E-state index contributed by atoms with van der Waals surface area (Å²) in [7, 11) is 0. The number of carbonyl (C=O) groups is 5. The van der Waals surface area contributed by atoms with Crippen LogP contribution in [0.4, 0.5) is 4.79 Å². The van der Waals surface area contributed by atoms with Crippen LogP contribution in [0.15, 0.2) is 0 Å². The zero-order valence-corrected chi connectivity index (χ0v) is 21.3. The lowest BCUT2D eigenvalue weighted by atomic mass is 9.92. The Morgan fingerprint density at radius 2 is 1.81 bits per heavy atom. The van der Waals surface area contributed by atoms with Crippen molar-refractivity contribution in [3.05, 3.63) is 0 Å². The molecule has 2 aliphatic heterocycles. The molecule has 0 bridgehead atoms. The Bertz CT molecular complexity index is 770. The molecule has 0 radical (unpaired) electrons. The zero-order chi connectivity index (χ0) is 26.5. The molecule has 36 heavy (non-hydrogen) atoms. The van der Waals surface area contributed by atoms with E-state index in [0.717, 1.165) is 32.4 Å². The number of rotatable bonds is 12. The predicted molar refractivity (Wildman–Crippen MR) is 131 cm³/mol. The first-order valence-corrected chi connectivity index (χ1v) is 12.8. The molecule has 0 spiro atoms. The highest BCUT2D eigenvalue weighted by Gasteiger charge is 2.30. The van der Waals surface area contributed by atoms with Gasteiger partial charge >= 0.3 is 12.1 Å². The summed E-state index contributed by atoms with van der Waals surface area (Å²) in [5, 5.41) is 19.8. The minimum Gasteiger partial charge on any atom is -0.480 e. The predicted octanol–water partition coefficient (Wildman–Crippen LogP) is 0.0726. The number of hydrogen-bond donors (Lipinski definition) is 5. The van der Waals surface area contributed by atoms with Gasteiger partial charge in [-0.3, -0.25) is 14.4 Å². The highest BCUT2D eigenvalue weighted by molar-refractivity contribution is 5.87. The standard InChI is InChI=1S/C24H41N5O7/c1-16(2)15-36-24(35)27-13-20(30)28-19(23(33)34)12-26-22(32)18-4-3-11-29(14-18)21(31)6-5-17-7-9-25-10-8-17/h16-19,25H,3-15H2,1-2H3,(H,26,32)(H,27,35)(H,28,30)(H,33,34)/t18-,19+/m1/s1. The highest BCUT2D eigenvalue weighted by atomic mass is 16.5. The van der Waals surface area contributed by atoms with E-state index in [1.165, 1.54) is 0 Å². The van der Waals surface area contributed by atoms with E-state index < -0.39 is 36.5 Å². The minimum absolute atomic E-state index is 0.0566. The lowest BCUT2D eigenvalue weighted by molar-refractivity contribution is -0.141. The molecule has 204 valence electrons. The van der Waals surface area contributed by atoms with Crippen LogP contribution in [0.2, 0.25) is 0 Å². The molecule has 0 aromatic heterocycles. The van der Waals surface area contributed by atoms with Gasteiger partial charge in [0.15, 0.2) is 0 Å². The molecule has 0 aromatic rings. The number of hydrogen-bond acceptors (Lipinski definition) is 7. The Kier molecular flexibility index (Phi) is 12.4. The molecule has 12 heteroatoms. The number of likely N-dealkylation sites (tertiary alicyclic amines) is 1. The van der Waals surface area contributed by atoms with E-state index in [1.807, 2.05) is 13.8 Å². The summed E-state index contributed by atoms with van der Waals surface area (Å²) in [5.74, 6) is -2.06. The second-order valence-corrected chi connectivity index (χ2v) is 9.96. The Morgan fingerprint density at radius 3 is 2.47 bits per heavy atom. The second kappa shape index (κ2) is 15.3. The van der Waals surface area contributed by atoms with Gasteiger partial charge in [-0.15, -0.1) is 0 Å². The van der Waals surface area contributed by atoms with Crippen LogP contribution in [0.1, 0.15) is 52.4 Å². The van der Waals surface area contributed by atoms with Crippen molar-refractivity contribution in [2.24, 2.45) is 17.8 Å². The summed E-state index contributed by atoms with van der Waals surface area (Å²) in [5.41, 5.74) is 0. The smallest absolute Gasteiger partial charge is 0.407 e. The number of nitrogens with zero attached hydrogens (tertiary/aromatic N) is 1. The van der Waals surface area contributed by atoms with Gasteiger partial charge in [0.25, 0.3) is 0 Å². The number of aliphatic carboxylic acids is 1. The first-order chi connectivity index (χ1) is 17.2. The number of carboxylic acids is 1. The third-order valence-electron chi connectivity index (χ3n) is 6.42. The summed E-state index contributed by atoms with van der Waals surface area (Å²) in [6.07, 6.45) is 4.04. The average Bonchev–Trinajstić information content (AvgIpc) is 2.87. The molecular weight excluding hydrogens is 470 g/mol. The Labute approximate surface area is 212 Å². The summed E-state index contributed by atoms with van der Waals surface area (Å²) in [4.78, 5) is 62.2. The fourth-order valence-corrected chi connectivity index (χ4v) is 4.31. The molecule has 4 amide bonds. The number of carboxylic acid groups (broad SMARTS) is 1. The van der Waals surface area contributed by atoms with E-state index in [-0.39, 0.29) is 30.9 Å². The molecule has 0 aromatic carbocycles. The molecule has 0 saturated carbocycles. The number of nitrogens with one attached hydrogen (secondary N) is 4. The molecular formula is C24H41N5O7. The summed E-state index contributed by atoms with van der Waals surface area (Å²) < 4.78 is 4.89. The normalized spacial score (nSPS) is 19.3. The van der Waals surface area contributed by atoms with Crippen LogP contribution in [0.3, 0.4) is 0 Å². The van der Waals surface area contributed by atoms with E-state index in [2.05, 4.69) is 21.3 Å². The highest BCUT2D eigenvalue weighted by Crippen LogP contribution is 2.21. The first-order valence-electron chi connectivity index (χ1n) is 12.8. The molecule has 0 aliphatic carbocycles. The Morgan fingerprint density at radius 1 is 1.08 bits per heavy atom. The van der Waals surface area contributed by atoms with Crippen molar-refractivity contribution in [1.29, 1.82) is 0 Å². The molecule has 5 N–H and O–H groups in total. The van der Waals surface area contributed by atoms with Crippen LogP contribution in [-0.4, -0.2) is 91.7 Å². The molecule has 2 aliphatic rings. The van der Waals surface area contributed by atoms with E-state index in [9.17, 15) is 29.1 Å². The number of alkyl carbamates (subject to hydrolysis) is 1. The van der Waals surface area contributed by atoms with Crippen molar-refractivity contribution in [2.45, 2.75) is 58.4 Å². The fraction of sp³-hybridized carbons (Fsp3) is 0.792. The molecule has 2 rings (SSSR count). The van der Waals surface area contributed by atoms with Crippen molar-refractivity contribution in [3.63, 3.8) is 0 Å². The van der Waals surface area contributed by atoms with Crippen LogP contribution in [0, 0.1) is 17.8 Å². The van der Waals surface area contributed by atoms with Crippen molar-refractivity contribution in [3.8, 4) is 0 Å². The molecule has 12 nitrogen and oxygen atoms in total. The van der Waals surface area contributed by atoms with Gasteiger partial charge in [-0.25, -0.2) is 9.59 Å². The van der Waals surface area contributed by atoms with Gasteiger partial charge in [0.1, 0.15) is 12.6 Å². The lowest BCUT2D eigenvalue weighted by Gasteiger charge is -2.33. The maximum absolute atomic E-state index is 12.7. The molecule has 2 saturated heterocycles. The third kappa shape index (κ3) is 10.8. The number of ether oxygens (including phenoxy) is 1. The number of carbonyl (C=O) groups excluding carboxylic acids is 4. The largest absolute Gasteiger partial charge is 0.480 e. The second-order valence-electron chi connectivity index (χ2n) is 9.96. The van der Waals surface area contributed by atoms with Crippen molar-refractivity contribution in [1.82, 2.24) is 26.2 Å². The van der Waals surface area contributed by atoms with Gasteiger partial charge < -0.3 is 36.0 Å². The molecule has 0 unspecified atom stereocenters. The summed E-state index contributed by atoms with van der Waals surface area (Å²) in [6, 6.07) is -1.36. The maximum Gasteiger partial charge on any atom is 0.407 e. The topological polar surface area (TPSA) is 166 Å². The quantitative estimate of drug-likeness (QED) is 0.245. The monoisotopic (exact) mass is 511 g/mol. The van der Waals surface area contributed by atoms with Gasteiger partial charge in [-0.1, -0.05) is 13.8 Å². The maximum atomic E-state index is 12.7. The van der Waals surface area contributed by atoms with Gasteiger partial charge in [0.05, 0.1) is 12.5 Å². The van der Waals surface area contributed by atoms with Crippen LogP contribution < -0.4 is 21.3 Å². The van der Waals surface area contributed by atoms with Crippen molar-refractivity contribution in [2.75, 3.05) is 45.9 Å². The van der Waals surface area contributed by atoms with E-state index in [4.69, 9.17) is 4.74 Å². The van der Waals surface area contributed by atoms with Gasteiger partial charge in [0, 0.05) is 26.1 Å². The Balaban J connectivity index is 1.73. The molecule has 2 fully saturated rings. The molecule has 2 heterocycles. The lowest BCUT2D eigenvalue weighted by Crippen LogP contribution is -2.52. The van der Waals surface area contributed by atoms with Crippen LogP contribution in [-0.2, 0) is 23.9 Å². The van der Waals surface area contributed by atoms with Crippen LogP contribution in [0.25, 0.3) is 0 Å². The fourth-order valence-electron chi connectivity index (χ4n) is 4.31. The SMILES string of the molecule is CC(C)COC(=O)NCC(=O)N[C@@H](CNC(=O)[C@@H]1CCCN(C(=O)CCC2CCNCC2)C1)C(=O)O.